The van der Waals surface area contributed by atoms with Gasteiger partial charge >= 0.3 is 5.97 Å². The number of aldehydes is 1. The molecule has 0 radical (unpaired) electrons. The SMILES string of the molecule is CC(=O)N[C@H]1[C@H](O[C@@H]([C@@H](O)[C@H](O)CO)[C@@H](O)C=O)O[C@H](CO)[C@@H](O[C@@H]2O[C@@H](C)[C@@H](O)[C@@H](O)[C@@H]2O)[C@@H]1O[C@@H]1O[C@H](CO)[C@H](O)[C@H](O[C@]2(C(=O)O)C[C@H](O)[C@@H](NC(C)=O)[C@H]([C@H](O)[C@H](O)CO)O2)[C@H]1O. The number of ether oxygens (including phenoxy) is 8. The zero-order valence-electron chi connectivity index (χ0n) is 36.0. The van der Waals surface area contributed by atoms with Gasteiger partial charge in [0.25, 0.3) is 5.79 Å². The summed E-state index contributed by atoms with van der Waals surface area (Å²) in [4.78, 5) is 49.7. The van der Waals surface area contributed by atoms with Crippen molar-refractivity contribution in [2.45, 2.75) is 180 Å². The lowest BCUT2D eigenvalue weighted by Crippen LogP contribution is -2.72. The normalized spacial score (nSPS) is 42.1. The van der Waals surface area contributed by atoms with E-state index < -0.39 is 203 Å². The number of aliphatic hydroxyl groups is 15. The number of carbonyl (C=O) groups excluding carboxylic acids is 3. The Bertz CT molecular complexity index is 1620. The average molecular weight is 983 g/mol. The average Bonchev–Trinajstić information content (AvgIpc) is 3.29. The van der Waals surface area contributed by atoms with Crippen LogP contribution in [0.2, 0.25) is 0 Å². The Labute approximate surface area is 379 Å². The lowest BCUT2D eigenvalue weighted by Gasteiger charge is -2.52. The van der Waals surface area contributed by atoms with Crippen LogP contribution >= 0.6 is 0 Å². The van der Waals surface area contributed by atoms with Gasteiger partial charge in [0, 0.05) is 20.3 Å². The molecule has 0 aromatic carbocycles. The first-order valence-electron chi connectivity index (χ1n) is 20.9. The van der Waals surface area contributed by atoms with E-state index in [1.54, 1.807) is 0 Å². The first kappa shape index (κ1) is 56.7. The van der Waals surface area contributed by atoms with Gasteiger partial charge in [0.1, 0.15) is 110 Å². The van der Waals surface area contributed by atoms with Crippen LogP contribution in [0.4, 0.5) is 0 Å². The number of aliphatic carboxylic acids is 1. The fourth-order valence-corrected chi connectivity index (χ4v) is 8.01. The monoisotopic (exact) mass is 982 g/mol. The van der Waals surface area contributed by atoms with Gasteiger partial charge in [0.15, 0.2) is 25.2 Å². The molecule has 0 aromatic heterocycles. The maximum absolute atomic E-state index is 13.1. The summed E-state index contributed by atoms with van der Waals surface area (Å²) in [7, 11) is 0. The highest BCUT2D eigenvalue weighted by atomic mass is 16.8. The number of carboxylic acid groups (broad SMARTS) is 1. The van der Waals surface area contributed by atoms with Crippen LogP contribution in [-0.2, 0) is 57.1 Å². The number of hydrogen-bond acceptors (Lipinski definition) is 27. The van der Waals surface area contributed by atoms with Crippen LogP contribution in [0.25, 0.3) is 0 Å². The lowest BCUT2D eigenvalue weighted by atomic mass is 9.88. The Kier molecular flexibility index (Phi) is 20.6. The molecule has 18 N–H and O–H groups in total. The molecule has 0 saturated carbocycles. The first-order valence-corrected chi connectivity index (χ1v) is 20.9. The van der Waals surface area contributed by atoms with Crippen LogP contribution < -0.4 is 10.6 Å². The molecule has 0 unspecified atom stereocenters. The van der Waals surface area contributed by atoms with E-state index in [0.29, 0.717) is 0 Å². The molecular weight excluding hydrogens is 920 g/mol. The second-order valence-electron chi connectivity index (χ2n) is 16.5. The van der Waals surface area contributed by atoms with Crippen molar-refractivity contribution in [2.75, 3.05) is 26.4 Å². The number of amides is 2. The van der Waals surface area contributed by atoms with E-state index in [1.807, 2.05) is 0 Å². The van der Waals surface area contributed by atoms with Crippen molar-refractivity contribution in [1.82, 2.24) is 10.6 Å². The molecule has 388 valence electrons. The Morgan fingerprint density at radius 1 is 0.701 bits per heavy atom. The number of hydrogen-bond donors (Lipinski definition) is 18. The maximum atomic E-state index is 13.1. The summed E-state index contributed by atoms with van der Waals surface area (Å²) < 4.78 is 46.2. The van der Waals surface area contributed by atoms with Crippen molar-refractivity contribution in [3.8, 4) is 0 Å². The number of nitrogens with one attached hydrogen (secondary N) is 2. The Morgan fingerprint density at radius 2 is 1.25 bits per heavy atom. The topological polar surface area (TPSA) is 490 Å². The molecule has 4 rings (SSSR count). The third-order valence-electron chi connectivity index (χ3n) is 11.6. The van der Waals surface area contributed by atoms with E-state index in [1.165, 1.54) is 6.92 Å². The molecule has 4 fully saturated rings. The predicted molar refractivity (Wildman–Crippen MR) is 207 cm³/mol. The Morgan fingerprint density at radius 3 is 1.79 bits per heavy atom. The third kappa shape index (κ3) is 12.7. The molecule has 2 amide bonds. The Balaban J connectivity index is 1.84. The highest BCUT2D eigenvalue weighted by Crippen LogP contribution is 2.39. The summed E-state index contributed by atoms with van der Waals surface area (Å²) in [5.74, 6) is -7.14. The smallest absolute Gasteiger partial charge is 0.364 e. The molecule has 0 bridgehead atoms. The van der Waals surface area contributed by atoms with Crippen molar-refractivity contribution in [3.63, 3.8) is 0 Å². The molecule has 25 atom stereocenters. The number of carboxylic acids is 1. The number of aliphatic hydroxyl groups excluding tert-OH is 15. The summed E-state index contributed by atoms with van der Waals surface area (Å²) in [5.41, 5.74) is 0. The van der Waals surface area contributed by atoms with Crippen LogP contribution in [0.3, 0.4) is 0 Å². The first-order chi connectivity index (χ1) is 31.4. The minimum atomic E-state index is -3.24. The molecule has 4 heterocycles. The van der Waals surface area contributed by atoms with Gasteiger partial charge in [-0.05, 0) is 6.92 Å². The number of rotatable bonds is 21. The van der Waals surface area contributed by atoms with Gasteiger partial charge in [0.2, 0.25) is 11.8 Å². The van der Waals surface area contributed by atoms with Gasteiger partial charge in [-0.1, -0.05) is 0 Å². The van der Waals surface area contributed by atoms with Gasteiger partial charge in [-0.2, -0.15) is 0 Å². The molecular formula is C37H62N2O28. The summed E-state index contributed by atoms with van der Waals surface area (Å²) in [6.07, 6.45) is -47.0. The van der Waals surface area contributed by atoms with E-state index in [0.717, 1.165) is 13.8 Å². The van der Waals surface area contributed by atoms with Gasteiger partial charge in [0.05, 0.1) is 44.7 Å². The van der Waals surface area contributed by atoms with Crippen molar-refractivity contribution < 1.29 is 139 Å². The molecule has 30 heteroatoms. The zero-order valence-corrected chi connectivity index (χ0v) is 36.0. The zero-order chi connectivity index (χ0) is 50.4. The second kappa shape index (κ2) is 24.3. The van der Waals surface area contributed by atoms with Gasteiger partial charge in [-0.3, -0.25) is 9.59 Å². The van der Waals surface area contributed by atoms with Crippen molar-refractivity contribution in [1.29, 1.82) is 0 Å². The van der Waals surface area contributed by atoms with Crippen LogP contribution in [0.1, 0.15) is 27.2 Å². The number of carbonyl (C=O) groups is 4. The molecule has 4 saturated heterocycles. The summed E-state index contributed by atoms with van der Waals surface area (Å²) in [6.45, 7) is -1.43. The summed E-state index contributed by atoms with van der Waals surface area (Å²) >= 11 is 0. The van der Waals surface area contributed by atoms with Crippen molar-refractivity contribution >= 4 is 24.1 Å². The maximum Gasteiger partial charge on any atom is 0.364 e. The summed E-state index contributed by atoms with van der Waals surface area (Å²) in [5, 5.41) is 174. The standard InChI is InChI=1S/C37H62N2O28/c1-10-21(51)25(55)26(56)34(60-10)64-29-18(9-44)62-33(63-28(16(50)7-42)22(52)14(48)5-40)20(39-12(3)46)31(29)65-35-27(57)32(24(54)17(8-43)61-35)67-37(36(58)59)4-13(47)19(38-11(2)45)30(66-37)23(53)15(49)6-41/h7,10,13-35,40-41,43-44,47-57H,4-6,8-9H2,1-3H3,(H,38,45)(H,39,46)(H,58,59)/t10-,13-,14+,15+,16-,17+,18+,19+,20+,21+,22-,23+,24-,25+,26-,27+,28+,29+,30+,31+,32-,33-,34-,35-,37-/m0/s1. The van der Waals surface area contributed by atoms with E-state index in [9.17, 15) is 101 Å². The van der Waals surface area contributed by atoms with E-state index in [4.69, 9.17) is 37.9 Å². The molecule has 0 aliphatic carbocycles. The molecule has 4 aliphatic rings. The van der Waals surface area contributed by atoms with E-state index in [2.05, 4.69) is 10.6 Å². The van der Waals surface area contributed by atoms with Crippen LogP contribution in [0, 0.1) is 0 Å². The van der Waals surface area contributed by atoms with Gasteiger partial charge in [-0.15, -0.1) is 0 Å². The minimum absolute atomic E-state index is 0.149. The van der Waals surface area contributed by atoms with Crippen molar-refractivity contribution in [3.05, 3.63) is 0 Å². The van der Waals surface area contributed by atoms with Crippen LogP contribution in [0.5, 0.6) is 0 Å². The molecule has 0 aromatic rings. The summed E-state index contributed by atoms with van der Waals surface area (Å²) in [6, 6.07) is -3.64. The van der Waals surface area contributed by atoms with Gasteiger partial charge < -0.3 is 135 Å². The van der Waals surface area contributed by atoms with Crippen LogP contribution in [-0.4, -0.2) is 285 Å². The quantitative estimate of drug-likeness (QED) is 0.0475. The van der Waals surface area contributed by atoms with Gasteiger partial charge in [-0.25, -0.2) is 4.79 Å². The predicted octanol–water partition coefficient (Wildman–Crippen LogP) is -11.6. The van der Waals surface area contributed by atoms with E-state index >= 15 is 0 Å². The molecule has 30 nitrogen and oxygen atoms in total. The van der Waals surface area contributed by atoms with Crippen molar-refractivity contribution in [2.24, 2.45) is 0 Å². The molecule has 4 aliphatic heterocycles. The minimum Gasteiger partial charge on any atom is -0.477 e. The molecule has 67 heavy (non-hydrogen) atoms. The Hall–Kier alpha value is -2.84. The molecule has 0 spiro atoms. The highest BCUT2D eigenvalue weighted by Gasteiger charge is 2.61. The fourth-order valence-electron chi connectivity index (χ4n) is 8.01. The fraction of sp³-hybridized carbons (Fsp3) is 0.892. The third-order valence-corrected chi connectivity index (χ3v) is 11.6. The second-order valence-corrected chi connectivity index (χ2v) is 16.5. The highest BCUT2D eigenvalue weighted by molar-refractivity contribution is 5.76. The lowest BCUT2D eigenvalue weighted by molar-refractivity contribution is -0.392. The largest absolute Gasteiger partial charge is 0.477 e. The van der Waals surface area contributed by atoms with E-state index in [-0.39, 0.29) is 6.29 Å². The van der Waals surface area contributed by atoms with Crippen LogP contribution in [0.15, 0.2) is 0 Å².